The lowest BCUT2D eigenvalue weighted by molar-refractivity contribution is 0.309. The maximum atomic E-state index is 12.8. The largest absolute Gasteiger partial charge is 0.468 e. The molecule has 0 saturated carbocycles. The van der Waals surface area contributed by atoms with Crippen molar-refractivity contribution in [3.63, 3.8) is 0 Å². The number of benzene rings is 2. The Bertz CT molecular complexity index is 1150. The number of furan rings is 1. The van der Waals surface area contributed by atoms with Crippen molar-refractivity contribution < 1.29 is 21.3 Å². The lowest BCUT2D eigenvalue weighted by atomic mass is 10.1. The Morgan fingerprint density at radius 1 is 0.923 bits per heavy atom. The van der Waals surface area contributed by atoms with Gasteiger partial charge >= 0.3 is 0 Å². The van der Waals surface area contributed by atoms with Gasteiger partial charge in [0, 0.05) is 13.1 Å². The smallest absolute Gasteiger partial charge is 0.243 e. The van der Waals surface area contributed by atoms with E-state index >= 15 is 0 Å². The molecule has 1 aliphatic rings. The fraction of sp³-hybridized carbons (Fsp3) is 0.222. The summed E-state index contributed by atoms with van der Waals surface area (Å²) < 4.78 is 56.6. The number of rotatable bonds is 5. The summed E-state index contributed by atoms with van der Waals surface area (Å²) in [5.74, 6) is 0.148. The molecule has 0 amide bonds. The van der Waals surface area contributed by atoms with E-state index in [4.69, 9.17) is 4.42 Å². The Morgan fingerprint density at radius 3 is 2.35 bits per heavy atom. The van der Waals surface area contributed by atoms with Gasteiger partial charge in [-0.2, -0.15) is 4.31 Å². The molecule has 2 aromatic carbocycles. The second-order valence-electron chi connectivity index (χ2n) is 6.34. The van der Waals surface area contributed by atoms with Crippen LogP contribution in [-0.4, -0.2) is 39.5 Å². The molecule has 4 rings (SSSR count). The van der Waals surface area contributed by atoms with Crippen LogP contribution in [0.25, 0.3) is 10.8 Å². The number of nitrogens with zero attached hydrogens (tertiary/aromatic N) is 1. The fourth-order valence-electron chi connectivity index (χ4n) is 3.01. The zero-order chi connectivity index (χ0) is 18.4. The van der Waals surface area contributed by atoms with Gasteiger partial charge in [0.05, 0.1) is 16.4 Å². The Hall–Kier alpha value is -2.16. The van der Waals surface area contributed by atoms with Crippen LogP contribution in [0.3, 0.4) is 0 Å². The average Bonchev–Trinajstić information content (AvgIpc) is 3.04. The van der Waals surface area contributed by atoms with Gasteiger partial charge in [0.1, 0.15) is 11.5 Å². The molecule has 26 heavy (non-hydrogen) atoms. The van der Waals surface area contributed by atoms with Gasteiger partial charge in [-0.1, -0.05) is 30.3 Å². The molecule has 6 nitrogen and oxygen atoms in total. The first-order valence-corrected chi connectivity index (χ1v) is 11.2. The summed E-state index contributed by atoms with van der Waals surface area (Å²) in [6.07, 6.45) is 1.42. The quantitative estimate of drug-likeness (QED) is 0.667. The zero-order valence-electron chi connectivity index (χ0n) is 13.8. The van der Waals surface area contributed by atoms with Crippen LogP contribution in [0.4, 0.5) is 0 Å². The van der Waals surface area contributed by atoms with Crippen molar-refractivity contribution in [2.75, 3.05) is 13.1 Å². The van der Waals surface area contributed by atoms with E-state index in [0.29, 0.717) is 5.76 Å². The minimum Gasteiger partial charge on any atom is -0.468 e. The first-order valence-electron chi connectivity index (χ1n) is 8.09. The Labute approximate surface area is 152 Å². The van der Waals surface area contributed by atoms with Crippen LogP contribution in [0.1, 0.15) is 5.76 Å². The van der Waals surface area contributed by atoms with E-state index in [1.54, 1.807) is 30.3 Å². The highest BCUT2D eigenvalue weighted by Gasteiger charge is 2.43. The summed E-state index contributed by atoms with van der Waals surface area (Å²) in [6, 6.07) is 15.7. The standard InChI is InChI=1S/C18H17NO5S2/c20-25(21,13-16-6-3-9-24-16)18-11-19(12-18)26(22,23)17-8-7-14-4-1-2-5-15(14)10-17/h1-10,18H,11-13H2. The van der Waals surface area contributed by atoms with Crippen LogP contribution in [-0.2, 0) is 25.6 Å². The zero-order valence-corrected chi connectivity index (χ0v) is 15.4. The summed E-state index contributed by atoms with van der Waals surface area (Å²) in [5.41, 5.74) is 0. The number of sulfonamides is 1. The van der Waals surface area contributed by atoms with Crippen LogP contribution in [0, 0.1) is 0 Å². The maximum Gasteiger partial charge on any atom is 0.243 e. The van der Waals surface area contributed by atoms with Gasteiger partial charge in [-0.3, -0.25) is 0 Å². The monoisotopic (exact) mass is 391 g/mol. The third-order valence-corrected chi connectivity index (χ3v) is 8.43. The van der Waals surface area contributed by atoms with Crippen molar-refractivity contribution in [3.05, 3.63) is 66.6 Å². The summed E-state index contributed by atoms with van der Waals surface area (Å²) in [5, 5.41) is 1.08. The minimum absolute atomic E-state index is 0.0296. The number of hydrogen-bond donors (Lipinski definition) is 0. The van der Waals surface area contributed by atoms with Crippen molar-refractivity contribution >= 4 is 30.6 Å². The maximum absolute atomic E-state index is 12.8. The molecule has 2 heterocycles. The fourth-order valence-corrected chi connectivity index (χ4v) is 6.38. The van der Waals surface area contributed by atoms with Gasteiger partial charge in [-0.25, -0.2) is 16.8 Å². The first-order chi connectivity index (χ1) is 12.4. The second kappa shape index (κ2) is 6.22. The van der Waals surface area contributed by atoms with E-state index in [0.717, 1.165) is 10.8 Å². The molecule has 136 valence electrons. The number of hydrogen-bond acceptors (Lipinski definition) is 5. The van der Waals surface area contributed by atoms with Gasteiger partial charge < -0.3 is 4.42 Å². The highest BCUT2D eigenvalue weighted by Crippen LogP contribution is 2.28. The van der Waals surface area contributed by atoms with E-state index in [9.17, 15) is 16.8 Å². The molecule has 0 atom stereocenters. The topological polar surface area (TPSA) is 84.7 Å². The summed E-state index contributed by atoms with van der Waals surface area (Å²) in [6.45, 7) is -0.0591. The van der Waals surface area contributed by atoms with Crippen LogP contribution < -0.4 is 0 Å². The Morgan fingerprint density at radius 2 is 1.65 bits per heavy atom. The third kappa shape index (κ3) is 3.04. The Balaban J connectivity index is 1.51. The van der Waals surface area contributed by atoms with Gasteiger partial charge in [0.2, 0.25) is 10.0 Å². The molecular formula is C18H17NO5S2. The van der Waals surface area contributed by atoms with Crippen LogP contribution in [0.15, 0.2) is 70.2 Å². The van der Waals surface area contributed by atoms with Crippen LogP contribution >= 0.6 is 0 Å². The molecule has 0 radical (unpaired) electrons. The molecule has 0 aliphatic carbocycles. The lowest BCUT2D eigenvalue weighted by Gasteiger charge is -2.37. The van der Waals surface area contributed by atoms with Crippen molar-refractivity contribution in [1.29, 1.82) is 0 Å². The van der Waals surface area contributed by atoms with Gasteiger partial charge in [-0.15, -0.1) is 0 Å². The predicted octanol–water partition coefficient (Wildman–Crippen LogP) is 2.42. The number of fused-ring (bicyclic) bond motifs is 1. The SMILES string of the molecule is O=S(=O)(Cc1ccco1)C1CN(S(=O)(=O)c2ccc3ccccc3c2)C1. The second-order valence-corrected chi connectivity index (χ2v) is 10.6. The molecule has 1 aromatic heterocycles. The third-order valence-electron chi connectivity index (χ3n) is 4.60. The van der Waals surface area contributed by atoms with E-state index in [2.05, 4.69) is 0 Å². The van der Waals surface area contributed by atoms with Crippen molar-refractivity contribution in [2.45, 2.75) is 15.9 Å². The van der Waals surface area contributed by atoms with E-state index in [1.165, 1.54) is 10.6 Å². The molecule has 8 heteroatoms. The van der Waals surface area contributed by atoms with Crippen molar-refractivity contribution in [2.24, 2.45) is 0 Å². The normalized spacial score (nSPS) is 16.6. The lowest BCUT2D eigenvalue weighted by Crippen LogP contribution is -2.56. The molecule has 0 unspecified atom stereocenters. The van der Waals surface area contributed by atoms with Crippen LogP contribution in [0.5, 0.6) is 0 Å². The first kappa shape index (κ1) is 17.3. The average molecular weight is 391 g/mol. The summed E-state index contributed by atoms with van der Waals surface area (Å²) in [7, 11) is -7.16. The van der Waals surface area contributed by atoms with E-state index in [1.807, 2.05) is 24.3 Å². The molecule has 3 aromatic rings. The van der Waals surface area contributed by atoms with Gasteiger partial charge in [0.25, 0.3) is 0 Å². The highest BCUT2D eigenvalue weighted by atomic mass is 32.2. The van der Waals surface area contributed by atoms with E-state index in [-0.39, 0.29) is 23.7 Å². The molecule has 0 N–H and O–H groups in total. The summed E-state index contributed by atoms with van der Waals surface area (Å²) in [4.78, 5) is 0.179. The highest BCUT2D eigenvalue weighted by molar-refractivity contribution is 7.92. The predicted molar refractivity (Wildman–Crippen MR) is 97.8 cm³/mol. The molecule has 1 aliphatic heterocycles. The molecule has 1 saturated heterocycles. The molecule has 1 fully saturated rings. The molecule has 0 bridgehead atoms. The molecular weight excluding hydrogens is 374 g/mol. The summed E-state index contributed by atoms with van der Waals surface area (Å²) >= 11 is 0. The van der Waals surface area contributed by atoms with Crippen LogP contribution in [0.2, 0.25) is 0 Å². The molecule has 0 spiro atoms. The van der Waals surface area contributed by atoms with Gasteiger partial charge in [-0.05, 0) is 35.0 Å². The van der Waals surface area contributed by atoms with Crippen molar-refractivity contribution in [3.8, 4) is 0 Å². The minimum atomic E-state index is -3.70. The number of sulfone groups is 1. The Kier molecular flexibility index (Phi) is 4.13. The van der Waals surface area contributed by atoms with E-state index < -0.39 is 25.1 Å². The van der Waals surface area contributed by atoms with Gasteiger partial charge in [0.15, 0.2) is 9.84 Å². The van der Waals surface area contributed by atoms with Crippen molar-refractivity contribution in [1.82, 2.24) is 4.31 Å².